The zero-order valence-corrected chi connectivity index (χ0v) is 10.1. The van der Waals surface area contributed by atoms with Gasteiger partial charge in [-0.2, -0.15) is 0 Å². The summed E-state index contributed by atoms with van der Waals surface area (Å²) in [5.74, 6) is 0.909. The fourth-order valence-corrected chi connectivity index (χ4v) is 1.30. The van der Waals surface area contributed by atoms with E-state index < -0.39 is 0 Å². The largest absolute Gasteiger partial charge is 0.492 e. The minimum Gasteiger partial charge on any atom is -0.492 e. The number of ether oxygens (including phenoxy) is 1. The summed E-state index contributed by atoms with van der Waals surface area (Å²) in [6, 6.07) is 8.07. The molecule has 0 fully saturated rings. The third kappa shape index (κ3) is 4.36. The Morgan fingerprint density at radius 2 is 2.25 bits per heavy atom. The van der Waals surface area contributed by atoms with Crippen molar-refractivity contribution in [3.05, 3.63) is 36.9 Å². The molecule has 3 nitrogen and oxygen atoms in total. The Kier molecular flexibility index (Phi) is 5.43. The van der Waals surface area contributed by atoms with Crippen LogP contribution < -0.4 is 15.0 Å². The first kappa shape index (κ1) is 12.6. The van der Waals surface area contributed by atoms with E-state index in [1.807, 2.05) is 38.4 Å². The van der Waals surface area contributed by atoms with Crippen LogP contribution in [0.15, 0.2) is 36.9 Å². The van der Waals surface area contributed by atoms with Gasteiger partial charge in [-0.1, -0.05) is 12.1 Å². The molecule has 0 unspecified atom stereocenters. The zero-order valence-electron chi connectivity index (χ0n) is 10.1. The Bertz CT molecular complexity index is 323. The number of nitrogens with zero attached hydrogens (tertiary/aromatic N) is 1. The second-order valence-electron chi connectivity index (χ2n) is 3.73. The van der Waals surface area contributed by atoms with Gasteiger partial charge in [-0.05, 0) is 12.1 Å². The van der Waals surface area contributed by atoms with Gasteiger partial charge in [0.25, 0.3) is 0 Å². The summed E-state index contributed by atoms with van der Waals surface area (Å²) in [6.07, 6.45) is 1.84. The van der Waals surface area contributed by atoms with E-state index in [0.717, 1.165) is 24.5 Å². The van der Waals surface area contributed by atoms with Crippen molar-refractivity contribution in [1.29, 1.82) is 0 Å². The van der Waals surface area contributed by atoms with Crippen molar-refractivity contribution in [2.75, 3.05) is 38.7 Å². The van der Waals surface area contributed by atoms with Gasteiger partial charge in [0.1, 0.15) is 12.4 Å². The van der Waals surface area contributed by atoms with E-state index in [4.69, 9.17) is 4.74 Å². The molecule has 1 N–H and O–H groups in total. The van der Waals surface area contributed by atoms with Crippen molar-refractivity contribution in [2.45, 2.75) is 0 Å². The first-order valence-electron chi connectivity index (χ1n) is 5.46. The summed E-state index contributed by atoms with van der Waals surface area (Å²) in [4.78, 5) is 2.06. The average molecular weight is 220 g/mol. The van der Waals surface area contributed by atoms with Gasteiger partial charge in [0.05, 0.1) is 0 Å². The Labute approximate surface area is 97.7 Å². The fourth-order valence-electron chi connectivity index (χ4n) is 1.30. The molecule has 0 aliphatic carbocycles. The highest BCUT2D eigenvalue weighted by molar-refractivity contribution is 5.49. The molecule has 1 aromatic carbocycles. The summed E-state index contributed by atoms with van der Waals surface area (Å²) in [6.45, 7) is 5.96. The minimum atomic E-state index is 0.671. The molecule has 0 aliphatic rings. The third-order valence-corrected chi connectivity index (χ3v) is 2.17. The predicted octanol–water partition coefficient (Wildman–Crippen LogP) is 1.91. The number of benzene rings is 1. The van der Waals surface area contributed by atoms with Crippen LogP contribution in [-0.2, 0) is 0 Å². The molecular weight excluding hydrogens is 200 g/mol. The maximum atomic E-state index is 5.62. The molecule has 0 bridgehead atoms. The SMILES string of the molecule is C=CCNCCOc1cccc(N(C)C)c1. The van der Waals surface area contributed by atoms with Crippen LogP contribution in [-0.4, -0.2) is 33.8 Å². The zero-order chi connectivity index (χ0) is 11.8. The Morgan fingerprint density at radius 1 is 1.44 bits per heavy atom. The maximum Gasteiger partial charge on any atom is 0.121 e. The monoisotopic (exact) mass is 220 g/mol. The van der Waals surface area contributed by atoms with Gasteiger partial charge < -0.3 is 15.0 Å². The van der Waals surface area contributed by atoms with E-state index in [2.05, 4.69) is 22.9 Å². The maximum absolute atomic E-state index is 5.62. The first-order chi connectivity index (χ1) is 7.74. The minimum absolute atomic E-state index is 0.671. The Hall–Kier alpha value is -1.48. The van der Waals surface area contributed by atoms with Crippen molar-refractivity contribution in [1.82, 2.24) is 5.32 Å². The molecule has 0 amide bonds. The van der Waals surface area contributed by atoms with Crippen molar-refractivity contribution >= 4 is 5.69 Å². The van der Waals surface area contributed by atoms with E-state index in [1.165, 1.54) is 0 Å². The van der Waals surface area contributed by atoms with Crippen LogP contribution in [0, 0.1) is 0 Å². The highest BCUT2D eigenvalue weighted by Crippen LogP contribution is 2.18. The Balaban J connectivity index is 2.36. The third-order valence-electron chi connectivity index (χ3n) is 2.17. The van der Waals surface area contributed by atoms with Gasteiger partial charge in [0.15, 0.2) is 0 Å². The standard InChI is InChI=1S/C13H20N2O/c1-4-8-14-9-10-16-13-7-5-6-12(11-13)15(2)3/h4-7,11,14H,1,8-10H2,2-3H3. The molecular formula is C13H20N2O. The molecule has 88 valence electrons. The summed E-state index contributed by atoms with van der Waals surface area (Å²) in [7, 11) is 4.04. The normalized spacial score (nSPS) is 9.88. The lowest BCUT2D eigenvalue weighted by Crippen LogP contribution is -2.20. The van der Waals surface area contributed by atoms with Crippen molar-refractivity contribution in [3.63, 3.8) is 0 Å². The quantitative estimate of drug-likeness (QED) is 0.561. The number of rotatable bonds is 7. The van der Waals surface area contributed by atoms with Gasteiger partial charge in [-0.15, -0.1) is 6.58 Å². The van der Waals surface area contributed by atoms with Gasteiger partial charge in [-0.3, -0.25) is 0 Å². The molecule has 0 radical (unpaired) electrons. The van der Waals surface area contributed by atoms with Crippen LogP contribution in [0.5, 0.6) is 5.75 Å². The number of hydrogen-bond donors (Lipinski definition) is 1. The van der Waals surface area contributed by atoms with Crippen molar-refractivity contribution < 1.29 is 4.74 Å². The Morgan fingerprint density at radius 3 is 2.94 bits per heavy atom. The van der Waals surface area contributed by atoms with E-state index in [1.54, 1.807) is 0 Å². The molecule has 0 heterocycles. The highest BCUT2D eigenvalue weighted by atomic mass is 16.5. The number of nitrogens with one attached hydrogen (secondary N) is 1. The lowest BCUT2D eigenvalue weighted by molar-refractivity contribution is 0.316. The van der Waals surface area contributed by atoms with Crippen LogP contribution >= 0.6 is 0 Å². The fraction of sp³-hybridized carbons (Fsp3) is 0.385. The lowest BCUT2D eigenvalue weighted by Gasteiger charge is -2.14. The first-order valence-corrected chi connectivity index (χ1v) is 5.46. The van der Waals surface area contributed by atoms with Gasteiger partial charge in [0.2, 0.25) is 0 Å². The van der Waals surface area contributed by atoms with Crippen LogP contribution in [0.1, 0.15) is 0 Å². The topological polar surface area (TPSA) is 24.5 Å². The number of anilines is 1. The summed E-state index contributed by atoms with van der Waals surface area (Å²) >= 11 is 0. The molecule has 0 saturated carbocycles. The average Bonchev–Trinajstić information content (AvgIpc) is 2.29. The lowest BCUT2D eigenvalue weighted by atomic mass is 10.3. The second-order valence-corrected chi connectivity index (χ2v) is 3.73. The van der Waals surface area contributed by atoms with Gasteiger partial charge in [-0.25, -0.2) is 0 Å². The van der Waals surface area contributed by atoms with E-state index in [-0.39, 0.29) is 0 Å². The van der Waals surface area contributed by atoms with E-state index in [9.17, 15) is 0 Å². The van der Waals surface area contributed by atoms with Crippen LogP contribution in [0.2, 0.25) is 0 Å². The summed E-state index contributed by atoms with van der Waals surface area (Å²) in [5.41, 5.74) is 1.15. The van der Waals surface area contributed by atoms with Gasteiger partial charge in [0, 0.05) is 38.9 Å². The molecule has 0 aliphatic heterocycles. The predicted molar refractivity (Wildman–Crippen MR) is 69.3 cm³/mol. The van der Waals surface area contributed by atoms with Crippen molar-refractivity contribution in [3.8, 4) is 5.75 Å². The molecule has 1 aromatic rings. The molecule has 0 saturated heterocycles. The van der Waals surface area contributed by atoms with Crippen LogP contribution in [0.4, 0.5) is 5.69 Å². The molecule has 16 heavy (non-hydrogen) atoms. The van der Waals surface area contributed by atoms with Crippen LogP contribution in [0.25, 0.3) is 0 Å². The summed E-state index contributed by atoms with van der Waals surface area (Å²) in [5, 5.41) is 3.19. The molecule has 0 atom stereocenters. The van der Waals surface area contributed by atoms with Crippen LogP contribution in [0.3, 0.4) is 0 Å². The smallest absolute Gasteiger partial charge is 0.121 e. The van der Waals surface area contributed by atoms with E-state index >= 15 is 0 Å². The second kappa shape index (κ2) is 6.90. The molecule has 0 spiro atoms. The van der Waals surface area contributed by atoms with Crippen molar-refractivity contribution in [2.24, 2.45) is 0 Å². The van der Waals surface area contributed by atoms with E-state index in [0.29, 0.717) is 6.61 Å². The summed E-state index contributed by atoms with van der Waals surface area (Å²) < 4.78 is 5.62. The van der Waals surface area contributed by atoms with Gasteiger partial charge >= 0.3 is 0 Å². The highest BCUT2D eigenvalue weighted by Gasteiger charge is 1.97. The molecule has 3 heteroatoms. The number of hydrogen-bond acceptors (Lipinski definition) is 3. The molecule has 1 rings (SSSR count). The molecule has 0 aromatic heterocycles.